The van der Waals surface area contributed by atoms with Crippen molar-refractivity contribution in [1.82, 2.24) is 10.0 Å². The van der Waals surface area contributed by atoms with Crippen molar-refractivity contribution in [3.63, 3.8) is 0 Å². The van der Waals surface area contributed by atoms with E-state index in [1.807, 2.05) is 12.1 Å². The summed E-state index contributed by atoms with van der Waals surface area (Å²) in [6.07, 6.45) is -0.0326. The Kier molecular flexibility index (Phi) is 7.04. The van der Waals surface area contributed by atoms with Gasteiger partial charge >= 0.3 is 5.97 Å². The highest BCUT2D eigenvalue weighted by Crippen LogP contribution is 2.10. The normalized spacial score (nSPS) is 11.7. The Bertz CT molecular complexity index is 1080. The summed E-state index contributed by atoms with van der Waals surface area (Å²) in [5.41, 5.74) is 1.30. The van der Waals surface area contributed by atoms with Gasteiger partial charge in [0.2, 0.25) is 15.9 Å². The molecule has 1 amide bonds. The lowest BCUT2D eigenvalue weighted by molar-refractivity contribution is -0.141. The quantitative estimate of drug-likeness (QED) is 0.569. The Balaban J connectivity index is 1.98. The van der Waals surface area contributed by atoms with E-state index in [2.05, 4.69) is 10.0 Å². The van der Waals surface area contributed by atoms with Gasteiger partial charge < -0.3 is 10.4 Å². The van der Waals surface area contributed by atoms with E-state index in [0.29, 0.717) is 11.1 Å². The second kappa shape index (κ2) is 9.46. The Morgan fingerprint density at radius 2 is 1.48 bits per heavy atom. The first-order valence-electron chi connectivity index (χ1n) is 8.26. The monoisotopic (exact) mass is 412 g/mol. The Labute approximate surface area is 167 Å². The zero-order valence-corrected chi connectivity index (χ0v) is 15.8. The van der Waals surface area contributed by atoms with Gasteiger partial charge in [0.05, 0.1) is 34.7 Å². The van der Waals surface area contributed by atoms with Gasteiger partial charge in [0, 0.05) is 6.42 Å². The Morgan fingerprint density at radius 1 is 0.966 bits per heavy atom. The zero-order chi connectivity index (χ0) is 21.4. The molecular weight excluding hydrogens is 396 g/mol. The van der Waals surface area contributed by atoms with Crippen molar-refractivity contribution in [1.29, 1.82) is 10.5 Å². The minimum absolute atomic E-state index is 0.0326. The van der Waals surface area contributed by atoms with Crippen LogP contribution in [0.15, 0.2) is 53.4 Å². The molecule has 0 saturated heterocycles. The van der Waals surface area contributed by atoms with E-state index in [0.717, 1.165) is 0 Å². The molecular formula is C19H16N4O5S. The molecule has 2 aromatic carbocycles. The summed E-state index contributed by atoms with van der Waals surface area (Å²) in [5.74, 6) is -2.10. The maximum absolute atomic E-state index is 12.2. The van der Waals surface area contributed by atoms with Gasteiger partial charge in [-0.05, 0) is 42.0 Å². The molecule has 9 nitrogen and oxygen atoms in total. The largest absolute Gasteiger partial charge is 0.480 e. The van der Waals surface area contributed by atoms with Crippen molar-refractivity contribution in [2.45, 2.75) is 17.4 Å². The number of amides is 1. The van der Waals surface area contributed by atoms with E-state index in [9.17, 15) is 23.1 Å². The summed E-state index contributed by atoms with van der Waals surface area (Å²) >= 11 is 0. The van der Waals surface area contributed by atoms with Crippen molar-refractivity contribution in [2.24, 2.45) is 0 Å². The van der Waals surface area contributed by atoms with E-state index in [1.165, 1.54) is 36.4 Å². The van der Waals surface area contributed by atoms with Crippen LogP contribution >= 0.6 is 0 Å². The lowest BCUT2D eigenvalue weighted by Crippen LogP contribution is -2.46. The van der Waals surface area contributed by atoms with Crippen molar-refractivity contribution >= 4 is 21.9 Å². The molecule has 0 heterocycles. The number of nitrogens with one attached hydrogen (secondary N) is 2. The minimum atomic E-state index is -4.00. The molecule has 148 valence electrons. The van der Waals surface area contributed by atoms with Crippen molar-refractivity contribution < 1.29 is 23.1 Å². The van der Waals surface area contributed by atoms with Gasteiger partial charge in [0.1, 0.15) is 6.04 Å². The van der Waals surface area contributed by atoms with Crippen LogP contribution in [0.25, 0.3) is 0 Å². The van der Waals surface area contributed by atoms with E-state index >= 15 is 0 Å². The number of carboxylic acid groups (broad SMARTS) is 1. The van der Waals surface area contributed by atoms with Crippen LogP contribution < -0.4 is 10.0 Å². The van der Waals surface area contributed by atoms with Gasteiger partial charge in [-0.1, -0.05) is 12.1 Å². The van der Waals surface area contributed by atoms with E-state index in [1.54, 1.807) is 12.1 Å². The van der Waals surface area contributed by atoms with Crippen LogP contribution in [0.1, 0.15) is 16.7 Å². The summed E-state index contributed by atoms with van der Waals surface area (Å²) in [6, 6.07) is 13.9. The van der Waals surface area contributed by atoms with Crippen LogP contribution in [-0.4, -0.2) is 38.0 Å². The molecule has 2 rings (SSSR count). The summed E-state index contributed by atoms with van der Waals surface area (Å²) in [5, 5.41) is 29.1. The third-order valence-corrected chi connectivity index (χ3v) is 5.29. The SMILES string of the molecule is N#Cc1ccc(CC(NC(=O)CNS(=O)(=O)c2ccc(C#N)cc2)C(=O)O)cc1. The number of rotatable bonds is 8. The number of benzene rings is 2. The fourth-order valence-electron chi connectivity index (χ4n) is 2.35. The molecule has 1 atom stereocenters. The van der Waals surface area contributed by atoms with Gasteiger partial charge in [0.15, 0.2) is 0 Å². The molecule has 1 unspecified atom stereocenters. The van der Waals surface area contributed by atoms with Gasteiger partial charge in [-0.15, -0.1) is 0 Å². The zero-order valence-electron chi connectivity index (χ0n) is 15.0. The van der Waals surface area contributed by atoms with E-state index in [4.69, 9.17) is 10.5 Å². The fourth-order valence-corrected chi connectivity index (χ4v) is 3.33. The third kappa shape index (κ3) is 6.14. The fraction of sp³-hybridized carbons (Fsp3) is 0.158. The van der Waals surface area contributed by atoms with Crippen LogP contribution in [0.3, 0.4) is 0 Å². The summed E-state index contributed by atoms with van der Waals surface area (Å²) < 4.78 is 26.5. The molecule has 0 aliphatic heterocycles. The summed E-state index contributed by atoms with van der Waals surface area (Å²) in [7, 11) is -4.00. The van der Waals surface area contributed by atoms with Gasteiger partial charge in [0.25, 0.3) is 0 Å². The highest BCUT2D eigenvalue weighted by molar-refractivity contribution is 7.89. The lowest BCUT2D eigenvalue weighted by atomic mass is 10.0. The molecule has 0 radical (unpaired) electrons. The molecule has 10 heteroatoms. The van der Waals surface area contributed by atoms with Crippen LogP contribution in [0.4, 0.5) is 0 Å². The molecule has 0 aliphatic carbocycles. The molecule has 2 aromatic rings. The summed E-state index contributed by atoms with van der Waals surface area (Å²) in [6.45, 7) is -0.653. The second-order valence-corrected chi connectivity index (χ2v) is 7.70. The molecule has 0 aliphatic rings. The van der Waals surface area contributed by atoms with Crippen molar-refractivity contribution in [2.75, 3.05) is 6.54 Å². The Hall–Kier alpha value is -3.73. The molecule has 0 aromatic heterocycles. The molecule has 29 heavy (non-hydrogen) atoms. The van der Waals surface area contributed by atoms with E-state index in [-0.39, 0.29) is 16.9 Å². The standard InChI is InChI=1S/C19H16N4O5S/c20-10-14-3-1-13(2-4-14)9-17(19(25)26)23-18(24)12-22-29(27,28)16-7-5-15(11-21)6-8-16/h1-8,17,22H,9,12H2,(H,23,24)(H,25,26). The van der Waals surface area contributed by atoms with Gasteiger partial charge in [-0.2, -0.15) is 10.5 Å². The molecule has 0 saturated carbocycles. The molecule has 0 fully saturated rings. The maximum atomic E-state index is 12.2. The molecule has 0 spiro atoms. The minimum Gasteiger partial charge on any atom is -0.480 e. The maximum Gasteiger partial charge on any atom is 0.326 e. The lowest BCUT2D eigenvalue weighted by Gasteiger charge is -2.15. The Morgan fingerprint density at radius 3 is 1.97 bits per heavy atom. The second-order valence-electron chi connectivity index (χ2n) is 5.93. The number of nitriles is 2. The smallest absolute Gasteiger partial charge is 0.326 e. The summed E-state index contributed by atoms with van der Waals surface area (Å²) in [4.78, 5) is 23.3. The first-order valence-corrected chi connectivity index (χ1v) is 9.74. The van der Waals surface area contributed by atoms with Gasteiger partial charge in [-0.3, -0.25) is 4.79 Å². The van der Waals surface area contributed by atoms with Crippen LogP contribution in [0, 0.1) is 22.7 Å². The van der Waals surface area contributed by atoms with Crippen molar-refractivity contribution in [3.05, 3.63) is 65.2 Å². The van der Waals surface area contributed by atoms with Crippen LogP contribution in [-0.2, 0) is 26.0 Å². The number of carbonyl (C=O) groups excluding carboxylic acids is 1. The highest BCUT2D eigenvalue weighted by atomic mass is 32.2. The van der Waals surface area contributed by atoms with Crippen molar-refractivity contribution in [3.8, 4) is 12.1 Å². The average Bonchev–Trinajstić information content (AvgIpc) is 2.72. The number of carbonyl (C=O) groups is 2. The first-order chi connectivity index (χ1) is 13.7. The number of aliphatic carboxylic acids is 1. The number of carboxylic acids is 1. The van der Waals surface area contributed by atoms with Crippen LogP contribution in [0.5, 0.6) is 0 Å². The number of hydrogen-bond donors (Lipinski definition) is 3. The average molecular weight is 412 g/mol. The first kappa shape index (κ1) is 21.6. The topological polar surface area (TPSA) is 160 Å². The molecule has 0 bridgehead atoms. The van der Waals surface area contributed by atoms with Gasteiger partial charge in [-0.25, -0.2) is 17.9 Å². The number of hydrogen-bond acceptors (Lipinski definition) is 6. The predicted molar refractivity (Wildman–Crippen MR) is 101 cm³/mol. The number of nitrogens with zero attached hydrogens (tertiary/aromatic N) is 2. The predicted octanol–water partition coefficient (Wildman–Crippen LogP) is 0.520. The third-order valence-electron chi connectivity index (χ3n) is 3.87. The van der Waals surface area contributed by atoms with E-state index < -0.39 is 34.5 Å². The highest BCUT2D eigenvalue weighted by Gasteiger charge is 2.22. The molecule has 3 N–H and O–H groups in total. The number of sulfonamides is 1. The van der Waals surface area contributed by atoms with Crippen LogP contribution in [0.2, 0.25) is 0 Å².